The van der Waals surface area contributed by atoms with Crippen molar-refractivity contribution in [3.8, 4) is 11.5 Å². The number of urea groups is 1. The monoisotopic (exact) mass is 409 g/mol. The number of piperidine rings is 1. The van der Waals surface area contributed by atoms with Gasteiger partial charge in [0.2, 0.25) is 0 Å². The standard InChI is InChI=1S/C23H27N3O4/c1-30-19-9-5-8-17(20(19)27)15-26-12-10-18(11-13-26)23(21(28)24-22(29)25-23)14-16-6-3-2-4-7-16/h2-9,18,27H,10-15H2,1H3,(H2,24,25,28,29). The topological polar surface area (TPSA) is 90.9 Å². The number of methoxy groups -OCH3 is 1. The number of rotatable bonds is 6. The van der Waals surface area contributed by atoms with Gasteiger partial charge in [-0.05, 0) is 43.5 Å². The second-order valence-corrected chi connectivity index (χ2v) is 8.06. The molecule has 0 aliphatic carbocycles. The number of benzene rings is 2. The summed E-state index contributed by atoms with van der Waals surface area (Å²) in [6, 6.07) is 14.9. The Balaban J connectivity index is 1.47. The zero-order valence-corrected chi connectivity index (χ0v) is 17.1. The van der Waals surface area contributed by atoms with Crippen molar-refractivity contribution in [2.24, 2.45) is 5.92 Å². The predicted molar refractivity (Wildman–Crippen MR) is 112 cm³/mol. The van der Waals surface area contributed by atoms with Crippen LogP contribution in [0.25, 0.3) is 0 Å². The third-order valence-corrected chi connectivity index (χ3v) is 6.28. The van der Waals surface area contributed by atoms with E-state index in [1.165, 1.54) is 7.11 Å². The maximum Gasteiger partial charge on any atom is 0.322 e. The molecule has 0 radical (unpaired) electrons. The van der Waals surface area contributed by atoms with Gasteiger partial charge in [0.15, 0.2) is 11.5 Å². The third kappa shape index (κ3) is 3.85. The summed E-state index contributed by atoms with van der Waals surface area (Å²) in [4.78, 5) is 27.1. The van der Waals surface area contributed by atoms with Gasteiger partial charge in [0.25, 0.3) is 5.91 Å². The average molecular weight is 409 g/mol. The van der Waals surface area contributed by atoms with Crippen LogP contribution in [0.1, 0.15) is 24.0 Å². The Morgan fingerprint density at radius 3 is 2.47 bits per heavy atom. The quantitative estimate of drug-likeness (QED) is 0.638. The van der Waals surface area contributed by atoms with Crippen molar-refractivity contribution >= 4 is 11.9 Å². The van der Waals surface area contributed by atoms with Crippen LogP contribution in [0.15, 0.2) is 48.5 Å². The number of nitrogens with one attached hydrogen (secondary N) is 2. The summed E-state index contributed by atoms with van der Waals surface area (Å²) in [5, 5.41) is 15.8. The van der Waals surface area contributed by atoms with Crippen molar-refractivity contribution in [2.75, 3.05) is 20.2 Å². The third-order valence-electron chi connectivity index (χ3n) is 6.28. The van der Waals surface area contributed by atoms with Gasteiger partial charge in [0.1, 0.15) is 5.54 Å². The van der Waals surface area contributed by atoms with Crippen LogP contribution in [0.5, 0.6) is 11.5 Å². The first kappa shape index (κ1) is 20.2. The van der Waals surface area contributed by atoms with E-state index in [9.17, 15) is 14.7 Å². The van der Waals surface area contributed by atoms with E-state index in [1.54, 1.807) is 6.07 Å². The second kappa shape index (κ2) is 8.36. The fraction of sp³-hybridized carbons (Fsp3) is 0.391. The van der Waals surface area contributed by atoms with Gasteiger partial charge in [-0.1, -0.05) is 42.5 Å². The van der Waals surface area contributed by atoms with Crippen LogP contribution in [0, 0.1) is 5.92 Å². The lowest BCUT2D eigenvalue weighted by Gasteiger charge is -2.40. The lowest BCUT2D eigenvalue weighted by molar-refractivity contribution is -0.126. The zero-order valence-electron chi connectivity index (χ0n) is 17.1. The molecule has 158 valence electrons. The Labute approximate surface area is 176 Å². The lowest BCUT2D eigenvalue weighted by atomic mass is 9.74. The molecule has 7 heteroatoms. The Bertz CT molecular complexity index is 925. The highest BCUT2D eigenvalue weighted by Gasteiger charge is 2.52. The van der Waals surface area contributed by atoms with E-state index in [0.29, 0.717) is 18.7 Å². The van der Waals surface area contributed by atoms with E-state index in [4.69, 9.17) is 4.74 Å². The number of hydrogen-bond acceptors (Lipinski definition) is 5. The van der Waals surface area contributed by atoms with Crippen LogP contribution in [0.3, 0.4) is 0 Å². The van der Waals surface area contributed by atoms with Crippen LogP contribution in [0.4, 0.5) is 4.79 Å². The number of amides is 3. The summed E-state index contributed by atoms with van der Waals surface area (Å²) >= 11 is 0. The summed E-state index contributed by atoms with van der Waals surface area (Å²) < 4.78 is 5.20. The number of ether oxygens (including phenoxy) is 1. The number of para-hydroxylation sites is 1. The normalized spacial score (nSPS) is 22.6. The molecule has 2 saturated heterocycles. The van der Waals surface area contributed by atoms with Crippen molar-refractivity contribution in [3.63, 3.8) is 0 Å². The molecule has 7 nitrogen and oxygen atoms in total. The molecule has 0 spiro atoms. The number of carbonyl (C=O) groups is 2. The van der Waals surface area contributed by atoms with Gasteiger partial charge >= 0.3 is 6.03 Å². The highest BCUT2D eigenvalue weighted by molar-refractivity contribution is 6.07. The number of imide groups is 1. The second-order valence-electron chi connectivity index (χ2n) is 8.06. The number of hydrogen-bond donors (Lipinski definition) is 3. The molecule has 2 aliphatic heterocycles. The summed E-state index contributed by atoms with van der Waals surface area (Å²) in [5.41, 5.74) is 0.931. The van der Waals surface area contributed by atoms with Crippen molar-refractivity contribution < 1.29 is 19.4 Å². The van der Waals surface area contributed by atoms with Crippen LogP contribution in [-0.4, -0.2) is 47.7 Å². The molecule has 3 amide bonds. The minimum atomic E-state index is -0.914. The van der Waals surface area contributed by atoms with Gasteiger partial charge in [0.05, 0.1) is 7.11 Å². The molecule has 1 atom stereocenters. The van der Waals surface area contributed by atoms with Crippen molar-refractivity contribution in [1.29, 1.82) is 0 Å². The minimum absolute atomic E-state index is 0.0410. The molecule has 2 heterocycles. The molecule has 2 aliphatic rings. The van der Waals surface area contributed by atoms with Crippen LogP contribution < -0.4 is 15.4 Å². The molecule has 4 rings (SSSR count). The molecule has 3 N–H and O–H groups in total. The van der Waals surface area contributed by atoms with Crippen LogP contribution >= 0.6 is 0 Å². The number of nitrogens with zero attached hydrogens (tertiary/aromatic N) is 1. The Kier molecular flexibility index (Phi) is 5.63. The number of likely N-dealkylation sites (tertiary alicyclic amines) is 1. The van der Waals surface area contributed by atoms with Crippen molar-refractivity contribution in [2.45, 2.75) is 31.3 Å². The fourth-order valence-corrected chi connectivity index (χ4v) is 4.66. The summed E-state index contributed by atoms with van der Waals surface area (Å²) in [5.74, 6) is 0.444. The molecule has 2 aromatic rings. The number of phenolic OH excluding ortho intramolecular Hbond substituents is 1. The van der Waals surface area contributed by atoms with Gasteiger partial charge in [-0.3, -0.25) is 15.0 Å². The van der Waals surface area contributed by atoms with E-state index in [-0.39, 0.29) is 17.6 Å². The summed E-state index contributed by atoms with van der Waals surface area (Å²) in [6.07, 6.45) is 2.04. The van der Waals surface area contributed by atoms with Gasteiger partial charge in [-0.25, -0.2) is 4.79 Å². The van der Waals surface area contributed by atoms with Gasteiger partial charge < -0.3 is 15.2 Å². The summed E-state index contributed by atoms with van der Waals surface area (Å²) in [7, 11) is 1.54. The first-order valence-corrected chi connectivity index (χ1v) is 10.3. The molecule has 1 unspecified atom stereocenters. The maximum atomic E-state index is 12.8. The average Bonchev–Trinajstić information content (AvgIpc) is 3.04. The number of carbonyl (C=O) groups excluding carboxylic acids is 2. The first-order valence-electron chi connectivity index (χ1n) is 10.3. The molecule has 2 fully saturated rings. The lowest BCUT2D eigenvalue weighted by Crippen LogP contribution is -2.57. The molecule has 0 saturated carbocycles. The van der Waals surface area contributed by atoms with E-state index in [0.717, 1.165) is 37.1 Å². The zero-order chi connectivity index (χ0) is 21.1. The molecular formula is C23H27N3O4. The number of phenols is 1. The van der Waals surface area contributed by atoms with Crippen LogP contribution in [0.2, 0.25) is 0 Å². The Morgan fingerprint density at radius 1 is 1.10 bits per heavy atom. The predicted octanol–water partition coefficient (Wildman–Crippen LogP) is 2.43. The van der Waals surface area contributed by atoms with Gasteiger partial charge in [0, 0.05) is 18.5 Å². The van der Waals surface area contributed by atoms with Crippen molar-refractivity contribution in [1.82, 2.24) is 15.5 Å². The highest BCUT2D eigenvalue weighted by atomic mass is 16.5. The van der Waals surface area contributed by atoms with E-state index < -0.39 is 11.6 Å². The van der Waals surface area contributed by atoms with Crippen molar-refractivity contribution in [3.05, 3.63) is 59.7 Å². The SMILES string of the molecule is COc1cccc(CN2CCC(C3(Cc4ccccc4)NC(=O)NC3=O)CC2)c1O. The Hall–Kier alpha value is -3.06. The first-order chi connectivity index (χ1) is 14.5. The molecule has 0 bridgehead atoms. The largest absolute Gasteiger partial charge is 0.504 e. The molecule has 0 aromatic heterocycles. The summed E-state index contributed by atoms with van der Waals surface area (Å²) in [6.45, 7) is 2.17. The minimum Gasteiger partial charge on any atom is -0.504 e. The highest BCUT2D eigenvalue weighted by Crippen LogP contribution is 2.36. The molecule has 2 aromatic carbocycles. The van der Waals surface area contributed by atoms with Gasteiger partial charge in [-0.2, -0.15) is 0 Å². The maximum absolute atomic E-state index is 12.8. The van der Waals surface area contributed by atoms with Crippen LogP contribution in [-0.2, 0) is 17.8 Å². The molecule has 30 heavy (non-hydrogen) atoms. The van der Waals surface area contributed by atoms with E-state index >= 15 is 0 Å². The van der Waals surface area contributed by atoms with Gasteiger partial charge in [-0.15, -0.1) is 0 Å². The smallest absolute Gasteiger partial charge is 0.322 e. The fourth-order valence-electron chi connectivity index (χ4n) is 4.66. The Morgan fingerprint density at radius 2 is 1.83 bits per heavy atom. The van der Waals surface area contributed by atoms with E-state index in [2.05, 4.69) is 15.5 Å². The molecular weight excluding hydrogens is 382 g/mol. The number of aromatic hydroxyl groups is 1. The van der Waals surface area contributed by atoms with E-state index in [1.807, 2.05) is 42.5 Å².